The van der Waals surface area contributed by atoms with Crippen LogP contribution in [0.4, 0.5) is 13.2 Å². The minimum Gasteiger partial charge on any atom is -0.269 e. The molecule has 0 N–H and O–H groups in total. The number of benzene rings is 1. The summed E-state index contributed by atoms with van der Waals surface area (Å²) in [6, 6.07) is 14.6. The fourth-order valence-electron chi connectivity index (χ4n) is 2.76. The van der Waals surface area contributed by atoms with Gasteiger partial charge in [0.2, 0.25) is 0 Å². The van der Waals surface area contributed by atoms with Crippen molar-refractivity contribution in [3.05, 3.63) is 89.1 Å². The summed E-state index contributed by atoms with van der Waals surface area (Å²) >= 11 is 0. The summed E-state index contributed by atoms with van der Waals surface area (Å²) in [7, 11) is 0. The van der Waals surface area contributed by atoms with E-state index in [1.165, 1.54) is 16.7 Å². The predicted molar refractivity (Wildman–Crippen MR) is 95.6 cm³/mol. The first-order valence-corrected chi connectivity index (χ1v) is 8.03. The number of pyridine rings is 3. The molecular weight excluding hydrogens is 355 g/mol. The monoisotopic (exact) mass is 367 g/mol. The molecule has 4 aromatic rings. The molecule has 0 saturated carbocycles. The normalized spacial score (nSPS) is 11.7. The highest BCUT2D eigenvalue weighted by molar-refractivity contribution is 5.83. The summed E-state index contributed by atoms with van der Waals surface area (Å²) in [5, 5.41) is 0.945. The highest BCUT2D eigenvalue weighted by atomic mass is 19.4. The third kappa shape index (κ3) is 3.31. The summed E-state index contributed by atoms with van der Waals surface area (Å²) in [6.45, 7) is 0. The van der Waals surface area contributed by atoms with E-state index >= 15 is 0 Å². The van der Waals surface area contributed by atoms with Gasteiger partial charge in [-0.2, -0.15) is 13.2 Å². The van der Waals surface area contributed by atoms with Gasteiger partial charge in [-0.3, -0.25) is 14.3 Å². The van der Waals surface area contributed by atoms with Crippen molar-refractivity contribution in [2.24, 2.45) is 0 Å². The van der Waals surface area contributed by atoms with Gasteiger partial charge >= 0.3 is 6.18 Å². The Morgan fingerprint density at radius 3 is 2.41 bits per heavy atom. The highest BCUT2D eigenvalue weighted by Gasteiger charge is 2.30. The van der Waals surface area contributed by atoms with Crippen LogP contribution in [0.1, 0.15) is 5.56 Å². The smallest absolute Gasteiger partial charge is 0.269 e. The molecule has 4 nitrogen and oxygen atoms in total. The fraction of sp³-hybridized carbons (Fsp3) is 0.0500. The summed E-state index contributed by atoms with van der Waals surface area (Å²) in [6.07, 6.45) is -0.530. The molecule has 0 fully saturated rings. The summed E-state index contributed by atoms with van der Waals surface area (Å²) in [5.41, 5.74) is 1.08. The van der Waals surface area contributed by atoms with Crippen LogP contribution in [-0.2, 0) is 6.18 Å². The molecule has 0 amide bonds. The summed E-state index contributed by atoms with van der Waals surface area (Å²) < 4.78 is 39.3. The second-order valence-corrected chi connectivity index (χ2v) is 5.95. The maximum atomic E-state index is 12.7. The molecule has 0 saturated heterocycles. The molecule has 134 valence electrons. The van der Waals surface area contributed by atoms with Gasteiger partial charge in [-0.1, -0.05) is 18.2 Å². The molecular formula is C20H12F3N3O. The summed E-state index contributed by atoms with van der Waals surface area (Å²) in [5.74, 6) is 0.114. The van der Waals surface area contributed by atoms with Crippen molar-refractivity contribution >= 4 is 10.9 Å². The number of halogens is 3. The Morgan fingerprint density at radius 2 is 1.67 bits per heavy atom. The number of aromatic nitrogens is 3. The van der Waals surface area contributed by atoms with Crippen LogP contribution < -0.4 is 5.56 Å². The molecule has 1 aromatic carbocycles. The summed E-state index contributed by atoms with van der Waals surface area (Å²) in [4.78, 5) is 20.4. The van der Waals surface area contributed by atoms with E-state index in [1.54, 1.807) is 18.5 Å². The Kier molecular flexibility index (Phi) is 3.99. The Labute approximate surface area is 151 Å². The zero-order valence-electron chi connectivity index (χ0n) is 13.8. The average molecular weight is 367 g/mol. The quantitative estimate of drug-likeness (QED) is 0.525. The van der Waals surface area contributed by atoms with Crippen LogP contribution in [0.2, 0.25) is 0 Å². The van der Waals surface area contributed by atoms with E-state index in [9.17, 15) is 18.0 Å². The molecule has 4 rings (SSSR count). The number of para-hydroxylation sites is 1. The molecule has 0 unspecified atom stereocenters. The van der Waals surface area contributed by atoms with Crippen molar-refractivity contribution < 1.29 is 13.2 Å². The second-order valence-electron chi connectivity index (χ2n) is 5.95. The topological polar surface area (TPSA) is 47.8 Å². The Bertz CT molecular complexity index is 1180. The van der Waals surface area contributed by atoms with Gasteiger partial charge in [-0.05, 0) is 30.3 Å². The lowest BCUT2D eigenvalue weighted by atomic mass is 10.1. The number of alkyl halides is 3. The first-order chi connectivity index (χ1) is 12.9. The van der Waals surface area contributed by atoms with Gasteiger partial charge < -0.3 is 0 Å². The van der Waals surface area contributed by atoms with Crippen LogP contribution in [0, 0.1) is 0 Å². The number of fused-ring (bicyclic) bond motifs is 1. The van der Waals surface area contributed by atoms with Gasteiger partial charge in [-0.25, -0.2) is 4.98 Å². The first-order valence-electron chi connectivity index (χ1n) is 8.03. The van der Waals surface area contributed by atoms with E-state index in [0.29, 0.717) is 11.8 Å². The Hall–Kier alpha value is -3.48. The molecule has 7 heteroatoms. The van der Waals surface area contributed by atoms with Crippen molar-refractivity contribution in [2.45, 2.75) is 6.18 Å². The van der Waals surface area contributed by atoms with E-state index in [-0.39, 0.29) is 11.4 Å². The van der Waals surface area contributed by atoms with E-state index in [4.69, 9.17) is 0 Å². The molecule has 0 aliphatic heterocycles. The van der Waals surface area contributed by atoms with Gasteiger partial charge in [0.15, 0.2) is 0 Å². The van der Waals surface area contributed by atoms with Crippen LogP contribution in [0.3, 0.4) is 0 Å². The lowest BCUT2D eigenvalue weighted by Crippen LogP contribution is -2.18. The van der Waals surface area contributed by atoms with Crippen LogP contribution in [0.25, 0.3) is 27.8 Å². The number of nitrogens with zero attached hydrogens (tertiary/aromatic N) is 3. The molecule has 0 spiro atoms. The van der Waals surface area contributed by atoms with E-state index < -0.39 is 11.7 Å². The SMILES string of the molecule is O=c1ccc(-c2cnc3ccccc3c2)cn1-c1ccc(C(F)(F)F)cn1. The molecule has 0 bridgehead atoms. The fourth-order valence-corrected chi connectivity index (χ4v) is 2.76. The minimum atomic E-state index is -4.48. The Morgan fingerprint density at radius 1 is 0.852 bits per heavy atom. The van der Waals surface area contributed by atoms with Gasteiger partial charge in [0.05, 0.1) is 11.1 Å². The zero-order chi connectivity index (χ0) is 19.0. The first kappa shape index (κ1) is 17.0. The Balaban J connectivity index is 1.78. The largest absolute Gasteiger partial charge is 0.417 e. The number of hydrogen-bond donors (Lipinski definition) is 0. The van der Waals surface area contributed by atoms with Gasteiger partial charge in [0, 0.05) is 41.2 Å². The molecule has 0 radical (unpaired) electrons. The van der Waals surface area contributed by atoms with Crippen LogP contribution >= 0.6 is 0 Å². The van der Waals surface area contributed by atoms with Crippen LogP contribution in [0.15, 0.2) is 78.0 Å². The van der Waals surface area contributed by atoms with E-state index in [1.807, 2.05) is 30.3 Å². The van der Waals surface area contributed by atoms with Gasteiger partial charge in [0.25, 0.3) is 5.56 Å². The third-order valence-corrected chi connectivity index (χ3v) is 4.16. The molecule has 0 aliphatic carbocycles. The van der Waals surface area contributed by atoms with Crippen LogP contribution in [0.5, 0.6) is 0 Å². The maximum Gasteiger partial charge on any atom is 0.417 e. The lowest BCUT2D eigenvalue weighted by Gasteiger charge is -2.10. The third-order valence-electron chi connectivity index (χ3n) is 4.16. The van der Waals surface area contributed by atoms with Crippen molar-refractivity contribution in [1.82, 2.24) is 14.5 Å². The van der Waals surface area contributed by atoms with Crippen molar-refractivity contribution in [1.29, 1.82) is 0 Å². The number of rotatable bonds is 2. The van der Waals surface area contributed by atoms with Gasteiger partial charge in [0.1, 0.15) is 5.82 Å². The molecule has 3 heterocycles. The van der Waals surface area contributed by atoms with E-state index in [0.717, 1.165) is 22.5 Å². The minimum absolute atomic E-state index is 0.114. The molecule has 3 aromatic heterocycles. The maximum absolute atomic E-state index is 12.7. The average Bonchev–Trinajstić information content (AvgIpc) is 2.67. The number of hydrogen-bond acceptors (Lipinski definition) is 3. The lowest BCUT2D eigenvalue weighted by molar-refractivity contribution is -0.137. The highest BCUT2D eigenvalue weighted by Crippen LogP contribution is 2.29. The van der Waals surface area contributed by atoms with Crippen molar-refractivity contribution in [2.75, 3.05) is 0 Å². The predicted octanol–water partition coefficient (Wildman–Crippen LogP) is 4.47. The zero-order valence-corrected chi connectivity index (χ0v) is 13.8. The molecule has 0 aliphatic rings. The van der Waals surface area contributed by atoms with Gasteiger partial charge in [-0.15, -0.1) is 0 Å². The van der Waals surface area contributed by atoms with Crippen molar-refractivity contribution in [3.8, 4) is 16.9 Å². The van der Waals surface area contributed by atoms with E-state index in [2.05, 4.69) is 9.97 Å². The van der Waals surface area contributed by atoms with Crippen LogP contribution in [-0.4, -0.2) is 14.5 Å². The molecule has 27 heavy (non-hydrogen) atoms. The second kappa shape index (κ2) is 6.35. The molecule has 0 atom stereocenters. The van der Waals surface area contributed by atoms with Crippen molar-refractivity contribution in [3.63, 3.8) is 0 Å². The standard InChI is InChI=1S/C20H12F3N3O/c21-20(22,23)16-6-7-18(25-11-16)26-12-14(5-8-19(26)27)15-9-13-3-1-2-4-17(13)24-10-15/h1-12H.